The molecule has 1 fully saturated rings. The van der Waals surface area contributed by atoms with Crippen LogP contribution in [0, 0.1) is 0 Å². The topological polar surface area (TPSA) is 20.3 Å². The molecule has 1 aromatic carbocycles. The summed E-state index contributed by atoms with van der Waals surface area (Å²) >= 11 is 3.30. The molecule has 2 nitrogen and oxygen atoms in total. The number of hydrogen-bond donors (Lipinski definition) is 0. The van der Waals surface area contributed by atoms with Crippen LogP contribution in [0.4, 0.5) is 8.78 Å². The first-order chi connectivity index (χ1) is 8.08. The van der Waals surface area contributed by atoms with Crippen molar-refractivity contribution in [1.29, 1.82) is 0 Å². The molecule has 1 amide bonds. The first-order valence-corrected chi connectivity index (χ1v) is 6.29. The van der Waals surface area contributed by atoms with Crippen LogP contribution in [0.25, 0.3) is 0 Å². The van der Waals surface area contributed by atoms with Gasteiger partial charge in [0.15, 0.2) is 0 Å². The van der Waals surface area contributed by atoms with E-state index >= 15 is 0 Å². The Morgan fingerprint density at radius 1 is 1.35 bits per heavy atom. The van der Waals surface area contributed by atoms with Gasteiger partial charge in [0, 0.05) is 18.7 Å². The number of amides is 1. The van der Waals surface area contributed by atoms with Crippen LogP contribution in [0.3, 0.4) is 0 Å². The van der Waals surface area contributed by atoms with Gasteiger partial charge in [-0.1, -0.05) is 40.2 Å². The fourth-order valence-corrected chi connectivity index (χ4v) is 2.34. The highest BCUT2D eigenvalue weighted by Crippen LogP contribution is 2.22. The van der Waals surface area contributed by atoms with Gasteiger partial charge in [-0.15, -0.1) is 0 Å². The van der Waals surface area contributed by atoms with Crippen LogP contribution in [0.15, 0.2) is 24.3 Å². The molecule has 2 rings (SSSR count). The normalized spacial score (nSPS) is 20.4. The van der Waals surface area contributed by atoms with E-state index in [4.69, 9.17) is 0 Å². The fourth-order valence-electron chi connectivity index (χ4n) is 1.85. The highest BCUT2D eigenvalue weighted by Gasteiger charge is 2.29. The summed E-state index contributed by atoms with van der Waals surface area (Å²) in [5.41, 5.74) is 0.893. The Balaban J connectivity index is 2.02. The van der Waals surface area contributed by atoms with Gasteiger partial charge in [-0.25, -0.2) is 8.78 Å². The van der Waals surface area contributed by atoms with E-state index in [-0.39, 0.29) is 16.3 Å². The summed E-state index contributed by atoms with van der Waals surface area (Å²) in [7, 11) is 0. The number of nitrogens with zero attached hydrogens (tertiary/aromatic N) is 1. The molecule has 0 radical (unpaired) electrons. The van der Waals surface area contributed by atoms with E-state index in [1.54, 1.807) is 17.0 Å². The fraction of sp³-hybridized carbons (Fsp3) is 0.417. The van der Waals surface area contributed by atoms with Crippen molar-refractivity contribution >= 4 is 21.8 Å². The second-order valence-corrected chi connectivity index (χ2v) is 5.16. The largest absolute Gasteiger partial charge is 0.337 e. The molecule has 0 N–H and O–H groups in total. The zero-order chi connectivity index (χ0) is 12.4. The van der Waals surface area contributed by atoms with Gasteiger partial charge >= 0.3 is 0 Å². The van der Waals surface area contributed by atoms with Crippen LogP contribution < -0.4 is 0 Å². The molecule has 92 valence electrons. The van der Waals surface area contributed by atoms with E-state index in [1.807, 2.05) is 0 Å². The Bertz CT molecular complexity index is 407. The van der Waals surface area contributed by atoms with Gasteiger partial charge in [0.1, 0.15) is 0 Å². The zero-order valence-electron chi connectivity index (χ0n) is 9.07. The number of carbonyl (C=O) groups excluding carboxylic acids is 1. The zero-order valence-corrected chi connectivity index (χ0v) is 10.7. The lowest BCUT2D eigenvalue weighted by Crippen LogP contribution is -2.26. The Labute approximate surface area is 107 Å². The maximum Gasteiger partial charge on any atom is 0.263 e. The maximum atomic E-state index is 12.3. The quantitative estimate of drug-likeness (QED) is 0.786. The lowest BCUT2D eigenvalue weighted by atomic mass is 10.1. The van der Waals surface area contributed by atoms with Crippen molar-refractivity contribution in [2.75, 3.05) is 6.54 Å². The predicted octanol–water partition coefficient (Wildman–Crippen LogP) is 3.12. The van der Waals surface area contributed by atoms with Crippen molar-refractivity contribution in [3.63, 3.8) is 0 Å². The molecule has 1 aliphatic heterocycles. The molecular weight excluding hydrogens is 292 g/mol. The summed E-state index contributed by atoms with van der Waals surface area (Å²) in [5, 5.41) is 0. The summed E-state index contributed by atoms with van der Waals surface area (Å²) in [6.07, 6.45) is -1.64. The Morgan fingerprint density at radius 3 is 2.47 bits per heavy atom. The summed E-state index contributed by atoms with van der Waals surface area (Å²) in [6, 6.07) is 6.12. The number of rotatable bonds is 3. The Kier molecular flexibility index (Phi) is 3.76. The van der Waals surface area contributed by atoms with Gasteiger partial charge in [0.05, 0.1) is 4.83 Å². The number of halogens is 3. The number of alkyl halides is 3. The maximum absolute atomic E-state index is 12.3. The first-order valence-electron chi connectivity index (χ1n) is 5.38. The molecule has 0 aliphatic carbocycles. The van der Waals surface area contributed by atoms with Gasteiger partial charge in [-0.3, -0.25) is 4.79 Å². The monoisotopic (exact) mass is 303 g/mol. The van der Waals surface area contributed by atoms with Gasteiger partial charge in [0.2, 0.25) is 5.91 Å². The van der Waals surface area contributed by atoms with Crippen LogP contribution in [0.1, 0.15) is 24.0 Å². The molecule has 0 aromatic heterocycles. The minimum atomic E-state index is -2.44. The van der Waals surface area contributed by atoms with Crippen LogP contribution in [0.2, 0.25) is 0 Å². The Morgan fingerprint density at radius 2 is 2.00 bits per heavy atom. The Hall–Kier alpha value is -0.970. The molecule has 1 saturated heterocycles. The minimum absolute atomic E-state index is 0.0138. The van der Waals surface area contributed by atoms with E-state index in [1.165, 1.54) is 12.1 Å². The summed E-state index contributed by atoms with van der Waals surface area (Å²) in [4.78, 5) is 13.3. The number of hydrogen-bond acceptors (Lipinski definition) is 1. The molecule has 0 spiro atoms. The summed E-state index contributed by atoms with van der Waals surface area (Å²) in [5.74, 6) is 0.0722. The molecule has 1 aromatic rings. The summed E-state index contributed by atoms with van der Waals surface area (Å²) < 4.78 is 24.7. The molecule has 0 saturated carbocycles. The van der Waals surface area contributed by atoms with Gasteiger partial charge in [-0.2, -0.15) is 0 Å². The molecule has 1 heterocycles. The number of benzene rings is 1. The van der Waals surface area contributed by atoms with Crippen LogP contribution in [-0.4, -0.2) is 22.2 Å². The number of carbonyl (C=O) groups is 1. The molecule has 17 heavy (non-hydrogen) atoms. The highest BCUT2D eigenvalue weighted by molar-refractivity contribution is 9.10. The van der Waals surface area contributed by atoms with Crippen molar-refractivity contribution in [3.8, 4) is 0 Å². The third-order valence-corrected chi connectivity index (χ3v) is 3.69. The van der Waals surface area contributed by atoms with E-state index in [2.05, 4.69) is 15.9 Å². The van der Waals surface area contributed by atoms with Crippen molar-refractivity contribution in [2.45, 2.75) is 24.2 Å². The predicted molar refractivity (Wildman–Crippen MR) is 64.1 cm³/mol. The van der Waals surface area contributed by atoms with Gasteiger partial charge < -0.3 is 4.90 Å². The second kappa shape index (κ2) is 5.12. The molecular formula is C12H12BrF2NO. The third kappa shape index (κ3) is 2.83. The second-order valence-electron chi connectivity index (χ2n) is 4.06. The summed E-state index contributed by atoms with van der Waals surface area (Å²) in [6.45, 7) is 1.20. The van der Waals surface area contributed by atoms with E-state index in [0.717, 1.165) is 12.0 Å². The van der Waals surface area contributed by atoms with Crippen LogP contribution >= 0.6 is 15.9 Å². The highest BCUT2D eigenvalue weighted by atomic mass is 79.9. The lowest BCUT2D eigenvalue weighted by Gasteiger charge is -2.16. The van der Waals surface area contributed by atoms with Gasteiger partial charge in [0.25, 0.3) is 6.43 Å². The van der Waals surface area contributed by atoms with Crippen molar-refractivity contribution in [2.24, 2.45) is 0 Å². The third-order valence-electron chi connectivity index (χ3n) is 2.84. The minimum Gasteiger partial charge on any atom is -0.337 e. The van der Waals surface area contributed by atoms with Crippen molar-refractivity contribution < 1.29 is 13.6 Å². The van der Waals surface area contributed by atoms with Crippen LogP contribution in [-0.2, 0) is 11.3 Å². The van der Waals surface area contributed by atoms with Gasteiger partial charge in [-0.05, 0) is 12.0 Å². The molecule has 1 aliphatic rings. The molecule has 1 atom stereocenters. The van der Waals surface area contributed by atoms with Crippen molar-refractivity contribution in [3.05, 3.63) is 35.4 Å². The average molecular weight is 304 g/mol. The molecule has 0 bridgehead atoms. The van der Waals surface area contributed by atoms with Crippen LogP contribution in [0.5, 0.6) is 0 Å². The van der Waals surface area contributed by atoms with E-state index in [9.17, 15) is 13.6 Å². The SMILES string of the molecule is O=C1C(Br)CCN1Cc1ccc(C(F)F)cc1. The average Bonchev–Trinajstić information content (AvgIpc) is 2.62. The standard InChI is InChI=1S/C12H12BrF2NO/c13-10-5-6-16(12(10)17)7-8-1-3-9(4-2-8)11(14)15/h1-4,10-11H,5-7H2. The number of likely N-dealkylation sites (tertiary alicyclic amines) is 1. The van der Waals surface area contributed by atoms with E-state index in [0.29, 0.717) is 13.1 Å². The van der Waals surface area contributed by atoms with Crippen molar-refractivity contribution in [1.82, 2.24) is 4.90 Å². The molecule has 1 unspecified atom stereocenters. The van der Waals surface area contributed by atoms with E-state index < -0.39 is 6.43 Å². The first kappa shape index (κ1) is 12.5. The molecule has 5 heteroatoms. The smallest absolute Gasteiger partial charge is 0.263 e. The lowest BCUT2D eigenvalue weighted by molar-refractivity contribution is -0.127.